The van der Waals surface area contributed by atoms with Gasteiger partial charge in [-0.3, -0.25) is 0 Å². The number of para-hydroxylation sites is 1. The molecule has 0 bridgehead atoms. The van der Waals surface area contributed by atoms with E-state index in [4.69, 9.17) is 14.2 Å². The Morgan fingerprint density at radius 2 is 1.70 bits per heavy atom. The van der Waals surface area contributed by atoms with E-state index < -0.39 is 10.0 Å². The highest BCUT2D eigenvalue weighted by atomic mass is 32.2. The van der Waals surface area contributed by atoms with Crippen LogP contribution in [0.15, 0.2) is 46.3 Å². The van der Waals surface area contributed by atoms with E-state index in [9.17, 15) is 8.42 Å². The number of ether oxygens (including phenoxy) is 3. The molecule has 2 aliphatic heterocycles. The van der Waals surface area contributed by atoms with Crippen molar-refractivity contribution in [2.75, 3.05) is 41.0 Å². The minimum Gasteiger partial charge on any atom is -0.493 e. The maximum Gasteiger partial charge on any atom is 0.268 e. The lowest BCUT2D eigenvalue weighted by Crippen LogP contribution is -2.54. The van der Waals surface area contributed by atoms with Crippen molar-refractivity contribution in [3.05, 3.63) is 42.0 Å². The van der Waals surface area contributed by atoms with Gasteiger partial charge in [-0.2, -0.15) is 0 Å². The number of sulfonamides is 1. The highest BCUT2D eigenvalue weighted by Crippen LogP contribution is 2.39. The van der Waals surface area contributed by atoms with Gasteiger partial charge in [-0.05, 0) is 42.7 Å². The maximum absolute atomic E-state index is 13.1. The second-order valence-electron chi connectivity index (χ2n) is 7.08. The predicted molar refractivity (Wildman–Crippen MR) is 113 cm³/mol. The highest BCUT2D eigenvalue weighted by Gasteiger charge is 2.38. The average Bonchev–Trinajstić information content (AvgIpc) is 2.77. The van der Waals surface area contributed by atoms with Gasteiger partial charge in [-0.1, -0.05) is 12.1 Å². The third-order valence-electron chi connectivity index (χ3n) is 5.34. The van der Waals surface area contributed by atoms with Gasteiger partial charge in [0.1, 0.15) is 4.90 Å². The molecule has 8 nitrogen and oxygen atoms in total. The van der Waals surface area contributed by atoms with Crippen LogP contribution in [0.4, 0.5) is 5.69 Å². The SMILES string of the molecule is COc1cc(CCN2CCCN3C2=Nc2ccccc2S3(=O)=O)cc(OC)c1OC. The van der Waals surface area contributed by atoms with Crippen molar-refractivity contribution in [1.29, 1.82) is 0 Å². The number of guanidine groups is 1. The molecule has 2 aromatic carbocycles. The van der Waals surface area contributed by atoms with Gasteiger partial charge in [0.05, 0.1) is 27.0 Å². The van der Waals surface area contributed by atoms with E-state index in [1.54, 1.807) is 45.6 Å². The minimum absolute atomic E-state index is 0.264. The van der Waals surface area contributed by atoms with E-state index in [1.165, 1.54) is 4.31 Å². The molecule has 1 saturated heterocycles. The van der Waals surface area contributed by atoms with Crippen molar-refractivity contribution in [3.63, 3.8) is 0 Å². The second kappa shape index (κ2) is 8.06. The number of hydrogen-bond donors (Lipinski definition) is 0. The summed E-state index contributed by atoms with van der Waals surface area (Å²) in [5.41, 5.74) is 1.49. The molecular weight excluding hydrogens is 406 g/mol. The largest absolute Gasteiger partial charge is 0.493 e. The van der Waals surface area contributed by atoms with E-state index in [0.717, 1.165) is 18.5 Å². The molecule has 0 unspecified atom stereocenters. The molecule has 0 atom stereocenters. The number of methoxy groups -OCH3 is 3. The van der Waals surface area contributed by atoms with E-state index in [0.29, 0.717) is 48.4 Å². The van der Waals surface area contributed by atoms with Crippen LogP contribution in [-0.2, 0) is 16.4 Å². The van der Waals surface area contributed by atoms with Crippen molar-refractivity contribution in [2.24, 2.45) is 4.99 Å². The molecule has 0 aromatic heterocycles. The summed E-state index contributed by atoms with van der Waals surface area (Å²) in [6.07, 6.45) is 1.42. The Labute approximate surface area is 176 Å². The summed E-state index contributed by atoms with van der Waals surface area (Å²) >= 11 is 0. The molecule has 30 heavy (non-hydrogen) atoms. The zero-order valence-electron chi connectivity index (χ0n) is 17.3. The lowest BCUT2D eigenvalue weighted by atomic mass is 10.1. The first kappa shape index (κ1) is 20.3. The molecule has 0 aliphatic carbocycles. The van der Waals surface area contributed by atoms with Crippen LogP contribution in [0.2, 0.25) is 0 Å². The smallest absolute Gasteiger partial charge is 0.268 e. The van der Waals surface area contributed by atoms with Gasteiger partial charge in [0.15, 0.2) is 11.5 Å². The van der Waals surface area contributed by atoms with Crippen LogP contribution in [0.25, 0.3) is 0 Å². The summed E-state index contributed by atoms with van der Waals surface area (Å²) in [6, 6.07) is 10.7. The van der Waals surface area contributed by atoms with Crippen LogP contribution in [0.3, 0.4) is 0 Å². The summed E-state index contributed by atoms with van der Waals surface area (Å²) in [6.45, 7) is 1.80. The predicted octanol–water partition coefficient (Wildman–Crippen LogP) is 2.65. The number of nitrogens with zero attached hydrogens (tertiary/aromatic N) is 3. The van der Waals surface area contributed by atoms with E-state index >= 15 is 0 Å². The van der Waals surface area contributed by atoms with Gasteiger partial charge in [0.2, 0.25) is 11.7 Å². The highest BCUT2D eigenvalue weighted by molar-refractivity contribution is 7.90. The molecule has 0 spiro atoms. The van der Waals surface area contributed by atoms with E-state index in [1.807, 2.05) is 17.0 Å². The standard InChI is InChI=1S/C21H25N3O5S/c1-27-17-13-15(14-18(28-2)20(17)29-3)9-12-23-10-6-11-24-21(23)22-16-7-4-5-8-19(16)30(24,25)26/h4-5,7-8,13-14H,6,9-12H2,1-3H3. The summed E-state index contributed by atoms with van der Waals surface area (Å²) in [4.78, 5) is 6.96. The fraction of sp³-hybridized carbons (Fsp3) is 0.381. The Balaban J connectivity index is 1.61. The summed E-state index contributed by atoms with van der Waals surface area (Å²) in [7, 11) is 1.16. The van der Waals surface area contributed by atoms with Crippen LogP contribution in [0, 0.1) is 0 Å². The van der Waals surface area contributed by atoms with E-state index in [2.05, 4.69) is 4.99 Å². The number of hydrogen-bond acceptors (Lipinski definition) is 7. The summed E-state index contributed by atoms with van der Waals surface area (Å²) < 4.78 is 43.8. The molecular formula is C21H25N3O5S. The minimum atomic E-state index is -3.58. The van der Waals surface area contributed by atoms with Gasteiger partial charge in [-0.25, -0.2) is 17.7 Å². The average molecular weight is 432 g/mol. The van der Waals surface area contributed by atoms with Crippen LogP contribution >= 0.6 is 0 Å². The molecule has 2 heterocycles. The van der Waals surface area contributed by atoms with Gasteiger partial charge in [0, 0.05) is 19.6 Å². The van der Waals surface area contributed by atoms with Crippen molar-refractivity contribution in [2.45, 2.75) is 17.7 Å². The first-order valence-corrected chi connectivity index (χ1v) is 11.2. The summed E-state index contributed by atoms with van der Waals surface area (Å²) in [5, 5.41) is 0. The zero-order valence-corrected chi connectivity index (χ0v) is 18.1. The molecule has 2 aliphatic rings. The monoisotopic (exact) mass is 431 g/mol. The fourth-order valence-corrected chi connectivity index (χ4v) is 5.47. The first-order valence-electron chi connectivity index (χ1n) is 9.74. The molecule has 0 N–H and O–H groups in total. The van der Waals surface area contributed by atoms with Crippen LogP contribution < -0.4 is 14.2 Å². The third kappa shape index (κ3) is 3.43. The third-order valence-corrected chi connectivity index (χ3v) is 7.17. The molecule has 4 rings (SSSR count). The molecule has 1 fully saturated rings. The molecule has 0 amide bonds. The lowest BCUT2D eigenvalue weighted by molar-refractivity contribution is 0.313. The molecule has 2 aromatic rings. The first-order chi connectivity index (χ1) is 14.5. The molecule has 0 saturated carbocycles. The molecule has 9 heteroatoms. The van der Waals surface area contributed by atoms with Crippen molar-refractivity contribution >= 4 is 21.7 Å². The summed E-state index contributed by atoms with van der Waals surface area (Å²) in [5.74, 6) is 2.23. The number of fused-ring (bicyclic) bond motifs is 2. The normalized spacial score (nSPS) is 17.0. The van der Waals surface area contributed by atoms with Crippen molar-refractivity contribution in [1.82, 2.24) is 9.21 Å². The fourth-order valence-electron chi connectivity index (χ4n) is 3.87. The lowest BCUT2D eigenvalue weighted by Gasteiger charge is -2.40. The topological polar surface area (TPSA) is 80.7 Å². The zero-order chi connectivity index (χ0) is 21.3. The quantitative estimate of drug-likeness (QED) is 0.700. The Kier molecular flexibility index (Phi) is 5.46. The van der Waals surface area contributed by atoms with Crippen LogP contribution in [0.5, 0.6) is 17.2 Å². The van der Waals surface area contributed by atoms with Crippen LogP contribution in [0.1, 0.15) is 12.0 Å². The molecule has 160 valence electrons. The number of aliphatic imine (C=N–C) groups is 1. The number of rotatable bonds is 6. The van der Waals surface area contributed by atoms with Gasteiger partial charge in [0.25, 0.3) is 10.0 Å². The van der Waals surface area contributed by atoms with Crippen molar-refractivity contribution in [3.8, 4) is 17.2 Å². The van der Waals surface area contributed by atoms with Crippen molar-refractivity contribution < 1.29 is 22.6 Å². The molecule has 0 radical (unpaired) electrons. The second-order valence-corrected chi connectivity index (χ2v) is 8.91. The Morgan fingerprint density at radius 1 is 1.00 bits per heavy atom. The van der Waals surface area contributed by atoms with E-state index in [-0.39, 0.29) is 4.90 Å². The van der Waals surface area contributed by atoms with Crippen LogP contribution in [-0.4, -0.2) is 64.5 Å². The Morgan fingerprint density at radius 3 is 2.37 bits per heavy atom. The van der Waals surface area contributed by atoms with Gasteiger partial charge >= 0.3 is 0 Å². The number of benzene rings is 2. The Hall–Kier alpha value is -2.94. The maximum atomic E-state index is 13.1. The Bertz CT molecular complexity index is 1060. The van der Waals surface area contributed by atoms with Gasteiger partial charge < -0.3 is 19.1 Å². The van der Waals surface area contributed by atoms with Gasteiger partial charge in [-0.15, -0.1) is 0 Å².